The van der Waals surface area contributed by atoms with E-state index >= 15 is 0 Å². The van der Waals surface area contributed by atoms with Crippen LogP contribution in [0.4, 0.5) is 5.13 Å². The molecule has 2 amide bonds. The molecule has 2 N–H and O–H groups in total. The fourth-order valence-electron chi connectivity index (χ4n) is 3.68. The second kappa shape index (κ2) is 13.6. The van der Waals surface area contributed by atoms with E-state index in [2.05, 4.69) is 15.6 Å². The van der Waals surface area contributed by atoms with Crippen molar-refractivity contribution in [2.24, 2.45) is 0 Å². The summed E-state index contributed by atoms with van der Waals surface area (Å²) in [5.41, 5.74) is 2.76. The number of esters is 1. The number of nitrogens with one attached hydrogen (secondary N) is 2. The molecule has 0 radical (unpaired) electrons. The molecule has 2 aromatic carbocycles. The van der Waals surface area contributed by atoms with Gasteiger partial charge >= 0.3 is 5.97 Å². The molecule has 0 aliphatic carbocycles. The Kier molecular flexibility index (Phi) is 9.98. The highest BCUT2D eigenvalue weighted by Gasteiger charge is 2.24. The number of thiazole rings is 1. The van der Waals surface area contributed by atoms with E-state index in [0.29, 0.717) is 16.3 Å². The monoisotopic (exact) mass is 592 g/mol. The molecular formula is C30H32N4O5S2. The summed E-state index contributed by atoms with van der Waals surface area (Å²) in [5, 5.41) is 7.86. The minimum Gasteiger partial charge on any atom is -0.456 e. The molecule has 0 saturated heterocycles. The van der Waals surface area contributed by atoms with Crippen molar-refractivity contribution in [2.45, 2.75) is 39.0 Å². The first-order valence-electron chi connectivity index (χ1n) is 12.9. The third-order valence-electron chi connectivity index (χ3n) is 5.71. The van der Waals surface area contributed by atoms with Crippen LogP contribution in [-0.4, -0.2) is 51.2 Å². The van der Waals surface area contributed by atoms with Gasteiger partial charge in [-0.05, 0) is 56.5 Å². The standard InChI is InChI=1S/C30H32N4O5S2/c1-30(2,3)39-28(37)22-12-10-20(11-13-22)17-38-18-24(31-26(35)23-14-15-34(16-23)40-4)27(36)33-29-32-25(19-41-29)21-8-6-5-7-9-21/h5-16,19,24H,17-18H2,1-4H3,(H,31,35)(H,32,33,36). The summed E-state index contributed by atoms with van der Waals surface area (Å²) in [6.07, 6.45) is 5.35. The number of carbonyl (C=O) groups is 3. The van der Waals surface area contributed by atoms with Crippen molar-refractivity contribution < 1.29 is 23.9 Å². The number of aromatic nitrogens is 2. The van der Waals surface area contributed by atoms with E-state index in [0.717, 1.165) is 16.8 Å². The molecule has 1 unspecified atom stereocenters. The third-order valence-corrected chi connectivity index (χ3v) is 7.11. The van der Waals surface area contributed by atoms with Gasteiger partial charge in [0.15, 0.2) is 5.13 Å². The maximum Gasteiger partial charge on any atom is 0.338 e. The summed E-state index contributed by atoms with van der Waals surface area (Å²) in [5.74, 6) is -1.25. The molecule has 1 atom stereocenters. The predicted molar refractivity (Wildman–Crippen MR) is 162 cm³/mol. The zero-order chi connectivity index (χ0) is 29.4. The van der Waals surface area contributed by atoms with E-state index in [-0.39, 0.29) is 13.2 Å². The smallest absolute Gasteiger partial charge is 0.338 e. The van der Waals surface area contributed by atoms with Crippen molar-refractivity contribution >= 4 is 46.2 Å². The zero-order valence-electron chi connectivity index (χ0n) is 23.2. The second-order valence-electron chi connectivity index (χ2n) is 10.1. The number of anilines is 1. The molecule has 0 fully saturated rings. The lowest BCUT2D eigenvalue weighted by molar-refractivity contribution is -0.119. The zero-order valence-corrected chi connectivity index (χ0v) is 24.9. The van der Waals surface area contributed by atoms with Crippen LogP contribution in [-0.2, 0) is 20.9 Å². The Hall–Kier alpha value is -3.93. The van der Waals surface area contributed by atoms with Gasteiger partial charge < -0.3 is 20.1 Å². The van der Waals surface area contributed by atoms with Gasteiger partial charge in [0.05, 0.1) is 30.0 Å². The lowest BCUT2D eigenvalue weighted by Crippen LogP contribution is -2.46. The Balaban J connectivity index is 1.41. The Morgan fingerprint density at radius 2 is 1.76 bits per heavy atom. The SMILES string of the molecule is CSn1ccc(C(=O)NC(COCc2ccc(C(=O)OC(C)(C)C)cc2)C(=O)Nc2nc(-c3ccccc3)cs2)c1. The highest BCUT2D eigenvalue weighted by molar-refractivity contribution is 7.97. The van der Waals surface area contributed by atoms with Crippen molar-refractivity contribution in [3.63, 3.8) is 0 Å². The van der Waals surface area contributed by atoms with Gasteiger partial charge in [-0.3, -0.25) is 13.6 Å². The van der Waals surface area contributed by atoms with Gasteiger partial charge in [0.2, 0.25) is 0 Å². The van der Waals surface area contributed by atoms with Gasteiger partial charge in [-0.15, -0.1) is 11.3 Å². The van der Waals surface area contributed by atoms with Gasteiger partial charge in [0.25, 0.3) is 11.8 Å². The summed E-state index contributed by atoms with van der Waals surface area (Å²) in [7, 11) is 0. The molecule has 0 spiro atoms. The molecule has 2 heterocycles. The molecule has 41 heavy (non-hydrogen) atoms. The molecule has 2 aromatic heterocycles. The summed E-state index contributed by atoms with van der Waals surface area (Å²) >= 11 is 2.75. The topological polar surface area (TPSA) is 112 Å². The molecule has 214 valence electrons. The number of amides is 2. The van der Waals surface area contributed by atoms with Gasteiger partial charge in [0.1, 0.15) is 11.6 Å². The van der Waals surface area contributed by atoms with E-state index in [1.807, 2.05) is 62.7 Å². The first-order valence-corrected chi connectivity index (χ1v) is 14.9. The van der Waals surface area contributed by atoms with Gasteiger partial charge in [-0.2, -0.15) is 0 Å². The van der Waals surface area contributed by atoms with E-state index in [1.165, 1.54) is 23.3 Å². The molecule has 0 bridgehead atoms. The average Bonchev–Trinajstić information content (AvgIpc) is 3.62. The summed E-state index contributed by atoms with van der Waals surface area (Å²) in [6.45, 7) is 5.53. The highest BCUT2D eigenvalue weighted by atomic mass is 32.2. The van der Waals surface area contributed by atoms with Crippen LogP contribution in [0.1, 0.15) is 47.1 Å². The maximum absolute atomic E-state index is 13.3. The molecule has 0 aliphatic rings. The van der Waals surface area contributed by atoms with Crippen LogP contribution in [0.5, 0.6) is 0 Å². The molecule has 11 heteroatoms. The Bertz CT molecular complexity index is 1480. The van der Waals surface area contributed by atoms with Crippen LogP contribution in [0, 0.1) is 0 Å². The number of hydrogen-bond donors (Lipinski definition) is 2. The molecule has 4 rings (SSSR count). The van der Waals surface area contributed by atoms with Crippen molar-refractivity contribution in [3.8, 4) is 11.3 Å². The van der Waals surface area contributed by atoms with E-state index in [4.69, 9.17) is 9.47 Å². The molecule has 4 aromatic rings. The number of benzene rings is 2. The van der Waals surface area contributed by atoms with Crippen LogP contribution in [0.2, 0.25) is 0 Å². The second-order valence-corrected chi connectivity index (χ2v) is 11.7. The largest absolute Gasteiger partial charge is 0.456 e. The van der Waals surface area contributed by atoms with Crippen LogP contribution in [0.25, 0.3) is 11.3 Å². The number of carbonyl (C=O) groups excluding carboxylic acids is 3. The number of rotatable bonds is 11. The van der Waals surface area contributed by atoms with Gasteiger partial charge in [-0.25, -0.2) is 9.78 Å². The van der Waals surface area contributed by atoms with Gasteiger partial charge in [-0.1, -0.05) is 42.5 Å². The molecule has 0 aliphatic heterocycles. The van der Waals surface area contributed by atoms with Crippen molar-refractivity contribution in [1.29, 1.82) is 0 Å². The fraction of sp³-hybridized carbons (Fsp3) is 0.267. The molecule has 0 saturated carbocycles. The first kappa shape index (κ1) is 30.0. The van der Waals surface area contributed by atoms with E-state index in [9.17, 15) is 14.4 Å². The minimum atomic E-state index is -0.981. The van der Waals surface area contributed by atoms with Crippen molar-refractivity contribution in [2.75, 3.05) is 18.2 Å². The highest BCUT2D eigenvalue weighted by Crippen LogP contribution is 2.24. The predicted octanol–water partition coefficient (Wildman–Crippen LogP) is 5.65. The Morgan fingerprint density at radius 3 is 2.41 bits per heavy atom. The van der Waals surface area contributed by atoms with Crippen LogP contribution >= 0.6 is 23.3 Å². The first-order chi connectivity index (χ1) is 19.6. The average molecular weight is 593 g/mol. The quantitative estimate of drug-likeness (QED) is 0.217. The summed E-state index contributed by atoms with van der Waals surface area (Å²) < 4.78 is 13.0. The van der Waals surface area contributed by atoms with Crippen LogP contribution < -0.4 is 10.6 Å². The normalized spacial score (nSPS) is 12.0. The fourth-order valence-corrected chi connectivity index (χ4v) is 4.81. The summed E-state index contributed by atoms with van der Waals surface area (Å²) in [4.78, 5) is 43.0. The number of nitrogens with zero attached hydrogens (tertiary/aromatic N) is 2. The lowest BCUT2D eigenvalue weighted by atomic mass is 10.1. The maximum atomic E-state index is 13.3. The lowest BCUT2D eigenvalue weighted by Gasteiger charge is -2.19. The number of hydrogen-bond acceptors (Lipinski definition) is 8. The van der Waals surface area contributed by atoms with Crippen LogP contribution in [0.3, 0.4) is 0 Å². The number of ether oxygens (including phenoxy) is 2. The van der Waals surface area contributed by atoms with Gasteiger partial charge in [0, 0.05) is 29.6 Å². The third kappa shape index (κ3) is 8.78. The van der Waals surface area contributed by atoms with Crippen molar-refractivity contribution in [3.05, 3.63) is 95.1 Å². The van der Waals surface area contributed by atoms with Crippen LogP contribution in [0.15, 0.2) is 78.4 Å². The van der Waals surface area contributed by atoms with E-state index < -0.39 is 29.4 Å². The Labute approximate surface area is 247 Å². The Morgan fingerprint density at radius 1 is 1.02 bits per heavy atom. The summed E-state index contributed by atoms with van der Waals surface area (Å²) in [6, 6.07) is 17.2. The minimum absolute atomic E-state index is 0.0778. The van der Waals surface area contributed by atoms with E-state index in [1.54, 1.807) is 46.7 Å². The molecular weight excluding hydrogens is 560 g/mol. The molecule has 9 nitrogen and oxygen atoms in total. The van der Waals surface area contributed by atoms with Crippen molar-refractivity contribution in [1.82, 2.24) is 14.3 Å².